The number of fused-ring (bicyclic) bond motifs is 1. The second-order valence-corrected chi connectivity index (χ2v) is 13.6. The van der Waals surface area contributed by atoms with Crippen LogP contribution >= 0.6 is 0 Å². The van der Waals surface area contributed by atoms with Crippen LogP contribution in [0.5, 0.6) is 5.75 Å². The fourth-order valence-electron chi connectivity index (χ4n) is 4.36. The van der Waals surface area contributed by atoms with E-state index in [-0.39, 0.29) is 22.5 Å². The number of nitrogens with zero attached hydrogens (tertiary/aromatic N) is 3. The van der Waals surface area contributed by atoms with Crippen LogP contribution in [-0.2, 0) is 17.4 Å². The summed E-state index contributed by atoms with van der Waals surface area (Å²) in [7, 11) is 0. The maximum Gasteiger partial charge on any atom is 0.354 e. The van der Waals surface area contributed by atoms with E-state index in [1.807, 2.05) is 42.6 Å². The number of ether oxygens (including phenoxy) is 1. The number of benzene rings is 2. The first kappa shape index (κ1) is 35.3. The van der Waals surface area contributed by atoms with Crippen molar-refractivity contribution in [2.45, 2.75) is 72.3 Å². The standard InChI is InChI=1S/C21H29N7O.C14H23NO/c1-21(2,3)17-11-15-13-28(20(29)27-18(15)26-17)16-7-5-14(6-8-16)12-24-9-4-10-25-19(22)23;1-11(9-15)10-16-13-7-5-6-12(8-13)14(2,3)4/h5-8,11,13,24H,4,9-10,12H2,1-3H3,(H4,22,23,25)(H,26,27,29);5-8,11H,9-10,15H2,1-4H3/t;11-/m.0/s1. The minimum Gasteiger partial charge on any atom is -0.493 e. The first-order valence-corrected chi connectivity index (χ1v) is 15.6. The minimum atomic E-state index is -0.301. The van der Waals surface area contributed by atoms with E-state index in [0.717, 1.165) is 47.6 Å². The van der Waals surface area contributed by atoms with Gasteiger partial charge in [-0.3, -0.25) is 9.56 Å². The largest absolute Gasteiger partial charge is 0.493 e. The lowest BCUT2D eigenvalue weighted by Gasteiger charge is -2.20. The summed E-state index contributed by atoms with van der Waals surface area (Å²) >= 11 is 0. The summed E-state index contributed by atoms with van der Waals surface area (Å²) < 4.78 is 7.29. The average Bonchev–Trinajstić information content (AvgIpc) is 3.41. The molecule has 0 unspecified atom stereocenters. The van der Waals surface area contributed by atoms with Gasteiger partial charge in [-0.05, 0) is 66.4 Å². The molecule has 2 heterocycles. The van der Waals surface area contributed by atoms with Gasteiger partial charge >= 0.3 is 5.69 Å². The molecular formula is C35H52N8O2. The molecule has 0 saturated heterocycles. The predicted molar refractivity (Wildman–Crippen MR) is 186 cm³/mol. The summed E-state index contributed by atoms with van der Waals surface area (Å²) in [5.41, 5.74) is 20.9. The zero-order valence-corrected chi connectivity index (χ0v) is 28.0. The van der Waals surface area contributed by atoms with Gasteiger partial charge in [0.2, 0.25) is 0 Å². The van der Waals surface area contributed by atoms with Gasteiger partial charge in [0, 0.05) is 41.7 Å². The summed E-state index contributed by atoms with van der Waals surface area (Å²) in [4.78, 5) is 23.9. The number of nitrogens with two attached hydrogens (primary N) is 3. The molecule has 0 fully saturated rings. The van der Waals surface area contributed by atoms with E-state index in [2.05, 4.69) is 86.9 Å². The number of aromatic amines is 1. The monoisotopic (exact) mass is 616 g/mol. The van der Waals surface area contributed by atoms with E-state index in [0.29, 0.717) is 31.3 Å². The van der Waals surface area contributed by atoms with Crippen molar-refractivity contribution >= 4 is 17.0 Å². The number of guanidine groups is 1. The van der Waals surface area contributed by atoms with Crippen molar-refractivity contribution in [3.05, 3.63) is 88.1 Å². The van der Waals surface area contributed by atoms with Crippen LogP contribution < -0.4 is 32.9 Å². The van der Waals surface area contributed by atoms with Gasteiger partial charge in [0.25, 0.3) is 0 Å². The van der Waals surface area contributed by atoms with Crippen molar-refractivity contribution in [2.75, 3.05) is 26.2 Å². The smallest absolute Gasteiger partial charge is 0.354 e. The first-order valence-electron chi connectivity index (χ1n) is 15.6. The quantitative estimate of drug-likeness (QED) is 0.0925. The molecule has 0 spiro atoms. The zero-order chi connectivity index (χ0) is 33.2. The van der Waals surface area contributed by atoms with Gasteiger partial charge in [-0.2, -0.15) is 4.98 Å². The van der Waals surface area contributed by atoms with Gasteiger partial charge in [0.15, 0.2) is 5.96 Å². The van der Waals surface area contributed by atoms with Gasteiger partial charge in [0.1, 0.15) is 11.4 Å². The summed E-state index contributed by atoms with van der Waals surface area (Å²) in [5, 5.41) is 4.27. The Bertz CT molecular complexity index is 1590. The third-order valence-corrected chi connectivity index (χ3v) is 7.30. The lowest BCUT2D eigenvalue weighted by atomic mass is 9.87. The van der Waals surface area contributed by atoms with E-state index >= 15 is 0 Å². The maximum absolute atomic E-state index is 12.5. The van der Waals surface area contributed by atoms with Gasteiger partial charge in [-0.25, -0.2) is 4.79 Å². The van der Waals surface area contributed by atoms with Crippen LogP contribution in [0.2, 0.25) is 0 Å². The first-order chi connectivity index (χ1) is 21.2. The molecule has 244 valence electrons. The summed E-state index contributed by atoms with van der Waals surface area (Å²) in [5.74, 6) is 1.46. The second kappa shape index (κ2) is 15.7. The van der Waals surface area contributed by atoms with Crippen LogP contribution in [-0.4, -0.2) is 46.7 Å². The fourth-order valence-corrected chi connectivity index (χ4v) is 4.36. The molecule has 1 atom stereocenters. The Hall–Kier alpha value is -4.15. The zero-order valence-electron chi connectivity index (χ0n) is 28.0. The molecule has 10 heteroatoms. The fraction of sp³-hybridized carbons (Fsp3) is 0.457. The summed E-state index contributed by atoms with van der Waals surface area (Å²) in [6.07, 6.45) is 2.71. The highest BCUT2D eigenvalue weighted by molar-refractivity contribution is 5.76. The summed E-state index contributed by atoms with van der Waals surface area (Å²) in [6, 6.07) is 18.2. The maximum atomic E-state index is 12.5. The number of aliphatic imine (C=N–C) groups is 1. The van der Waals surface area contributed by atoms with Crippen LogP contribution in [0.1, 0.15) is 71.7 Å². The van der Waals surface area contributed by atoms with Crippen molar-refractivity contribution in [3.8, 4) is 11.4 Å². The van der Waals surface area contributed by atoms with Crippen LogP contribution in [0.25, 0.3) is 16.7 Å². The van der Waals surface area contributed by atoms with Crippen molar-refractivity contribution < 1.29 is 4.74 Å². The Morgan fingerprint density at radius 3 is 2.38 bits per heavy atom. The van der Waals surface area contributed by atoms with E-state index in [4.69, 9.17) is 21.9 Å². The Kier molecular flexibility index (Phi) is 12.3. The van der Waals surface area contributed by atoms with Crippen LogP contribution in [0.3, 0.4) is 0 Å². The lowest BCUT2D eigenvalue weighted by molar-refractivity contribution is 0.263. The highest BCUT2D eigenvalue weighted by Gasteiger charge is 2.18. The molecule has 10 nitrogen and oxygen atoms in total. The Balaban J connectivity index is 0.000000292. The van der Waals surface area contributed by atoms with Gasteiger partial charge in [-0.1, -0.05) is 72.7 Å². The molecule has 0 aliphatic heterocycles. The van der Waals surface area contributed by atoms with Gasteiger partial charge < -0.3 is 32.2 Å². The predicted octanol–water partition coefficient (Wildman–Crippen LogP) is 4.72. The number of aromatic nitrogens is 3. The lowest BCUT2D eigenvalue weighted by Crippen LogP contribution is -2.23. The third-order valence-electron chi connectivity index (χ3n) is 7.30. The summed E-state index contributed by atoms with van der Waals surface area (Å²) in [6.45, 7) is 18.6. The van der Waals surface area contributed by atoms with Gasteiger partial charge in [-0.15, -0.1) is 0 Å². The van der Waals surface area contributed by atoms with Gasteiger partial charge in [0.05, 0.1) is 12.3 Å². The Morgan fingerprint density at radius 1 is 1.04 bits per heavy atom. The van der Waals surface area contributed by atoms with Crippen molar-refractivity contribution in [1.29, 1.82) is 0 Å². The molecule has 2 aromatic carbocycles. The number of hydrogen-bond donors (Lipinski definition) is 5. The molecule has 4 rings (SSSR count). The van der Waals surface area contributed by atoms with E-state index in [1.165, 1.54) is 5.56 Å². The topological polar surface area (TPSA) is 162 Å². The SMILES string of the molecule is CC(C)(C)c1cc2cn(-c3ccc(CNCCCN=C(N)N)cc3)c(=O)nc2[nH]1.C[C@@H](CN)COc1cccc(C(C)(C)C)c1. The molecule has 45 heavy (non-hydrogen) atoms. The minimum absolute atomic E-state index is 0.0352. The normalized spacial score (nSPS) is 12.4. The molecule has 0 saturated carbocycles. The number of hydrogen-bond acceptors (Lipinski definition) is 6. The Labute approximate surface area is 267 Å². The molecule has 0 radical (unpaired) electrons. The van der Waals surface area contributed by atoms with E-state index < -0.39 is 0 Å². The molecular weight excluding hydrogens is 564 g/mol. The molecule has 4 aromatic rings. The number of rotatable bonds is 11. The Morgan fingerprint density at radius 2 is 1.76 bits per heavy atom. The van der Waals surface area contributed by atoms with Crippen molar-refractivity contribution in [1.82, 2.24) is 19.9 Å². The van der Waals surface area contributed by atoms with Crippen molar-refractivity contribution in [2.24, 2.45) is 28.1 Å². The van der Waals surface area contributed by atoms with Crippen LogP contribution in [0.15, 0.2) is 70.6 Å². The average molecular weight is 617 g/mol. The third kappa shape index (κ3) is 11.1. The van der Waals surface area contributed by atoms with Crippen molar-refractivity contribution in [3.63, 3.8) is 0 Å². The van der Waals surface area contributed by atoms with Crippen LogP contribution in [0.4, 0.5) is 0 Å². The second-order valence-electron chi connectivity index (χ2n) is 13.6. The van der Waals surface area contributed by atoms with E-state index in [1.54, 1.807) is 4.57 Å². The molecule has 0 bridgehead atoms. The molecule has 0 aliphatic rings. The highest BCUT2D eigenvalue weighted by atomic mass is 16.5. The number of H-pyrrole nitrogens is 1. The van der Waals surface area contributed by atoms with Crippen LogP contribution in [0, 0.1) is 5.92 Å². The number of nitrogens with one attached hydrogen (secondary N) is 2. The van der Waals surface area contributed by atoms with E-state index in [9.17, 15) is 4.79 Å². The molecule has 0 aliphatic carbocycles. The molecule has 2 aromatic heterocycles. The molecule has 8 N–H and O–H groups in total. The highest BCUT2D eigenvalue weighted by Crippen LogP contribution is 2.26. The molecule has 0 amide bonds.